The van der Waals surface area contributed by atoms with Crippen LogP contribution in [0.2, 0.25) is 0 Å². The zero-order valence-corrected chi connectivity index (χ0v) is 34.8. The Hall–Kier alpha value is -6.53. The lowest BCUT2D eigenvalue weighted by Gasteiger charge is -2.35. The van der Waals surface area contributed by atoms with Gasteiger partial charge >= 0.3 is 6.09 Å². The smallest absolute Gasteiger partial charge is 0.412 e. The molecule has 12 nitrogen and oxygen atoms in total. The molecule has 3 atom stereocenters. The number of anilines is 1. The molecule has 0 spiro atoms. The molecule has 0 bridgehead atoms. The van der Waals surface area contributed by atoms with Crippen LogP contribution in [-0.4, -0.2) is 90.4 Å². The number of imidazole rings is 2. The van der Waals surface area contributed by atoms with Crippen LogP contribution in [0.15, 0.2) is 116 Å². The minimum Gasteiger partial charge on any atom is -0.465 e. The van der Waals surface area contributed by atoms with Crippen molar-refractivity contribution in [1.29, 1.82) is 0 Å². The summed E-state index contributed by atoms with van der Waals surface area (Å²) < 4.78 is 0. The van der Waals surface area contributed by atoms with E-state index in [0.29, 0.717) is 30.2 Å². The summed E-state index contributed by atoms with van der Waals surface area (Å²) in [7, 11) is 3.90. The Labute approximate surface area is 350 Å². The molecule has 12 heteroatoms. The number of nitrogens with zero attached hydrogens (tertiary/aromatic N) is 6. The van der Waals surface area contributed by atoms with Crippen molar-refractivity contribution in [2.75, 3.05) is 32.1 Å². The van der Waals surface area contributed by atoms with E-state index in [1.165, 1.54) is 4.90 Å². The van der Waals surface area contributed by atoms with Gasteiger partial charge in [0.25, 0.3) is 5.91 Å². The number of benzene rings is 4. The van der Waals surface area contributed by atoms with Crippen molar-refractivity contribution < 1.29 is 19.5 Å². The summed E-state index contributed by atoms with van der Waals surface area (Å²) in [5.41, 5.74) is 6.87. The molecule has 8 rings (SSSR count). The maximum atomic E-state index is 14.1. The number of aromatic nitrogens is 4. The quantitative estimate of drug-likeness (QED) is 0.125. The number of nitrogens with one attached hydrogen (secondary N) is 2. The maximum absolute atomic E-state index is 14.1. The zero-order valence-electron chi connectivity index (χ0n) is 34.8. The van der Waals surface area contributed by atoms with E-state index in [-0.39, 0.29) is 29.9 Å². The zero-order chi connectivity index (χ0) is 42.1. The molecule has 0 radical (unpaired) electrons. The molecule has 2 saturated heterocycles. The molecule has 0 saturated carbocycles. The lowest BCUT2D eigenvalue weighted by atomic mass is 10.0. The third kappa shape index (κ3) is 7.94. The van der Waals surface area contributed by atoms with Crippen molar-refractivity contribution in [1.82, 2.24) is 34.6 Å². The lowest BCUT2D eigenvalue weighted by molar-refractivity contribution is -0.137. The number of H-pyrrole nitrogens is 2. The topological polar surface area (TPSA) is 142 Å². The van der Waals surface area contributed by atoms with Gasteiger partial charge in [0.05, 0.1) is 47.1 Å². The van der Waals surface area contributed by atoms with Gasteiger partial charge in [0.15, 0.2) is 0 Å². The van der Waals surface area contributed by atoms with Crippen LogP contribution < -0.4 is 4.90 Å². The number of likely N-dealkylation sites (tertiary alicyclic amines) is 2. The number of rotatable bonds is 10. The standard InChI is InChI=1S/C48H52N8O4/c1-48(2,3)56(47(59)60)39-16-10-9-15-36(39)45(57)54-27-11-17-40(54)43-49-29-37(51-43)33-23-19-31(20-24-33)32-21-25-34(26-22-32)38-30-50-44(52-38)41-18-12-28-55(41)46(58)42(53(4)5)35-13-7-6-8-14-35/h6-10,13-16,19-26,29-30,40-42H,11-12,17-18,27-28H2,1-5H3,(H,49,51)(H,50,52)(H,59,60)/t40-,41-,42+/m0/s1. The number of amides is 3. The highest BCUT2D eigenvalue weighted by molar-refractivity contribution is 6.04. The van der Waals surface area contributed by atoms with Gasteiger partial charge in [-0.2, -0.15) is 0 Å². The molecular formula is C48H52N8O4. The molecule has 4 heterocycles. The molecule has 60 heavy (non-hydrogen) atoms. The van der Waals surface area contributed by atoms with E-state index in [9.17, 15) is 19.5 Å². The largest absolute Gasteiger partial charge is 0.465 e. The van der Waals surface area contributed by atoms with Crippen LogP contribution >= 0.6 is 0 Å². The summed E-state index contributed by atoms with van der Waals surface area (Å²) >= 11 is 0. The predicted octanol–water partition coefficient (Wildman–Crippen LogP) is 9.36. The molecule has 0 unspecified atom stereocenters. The van der Waals surface area contributed by atoms with Gasteiger partial charge in [0.2, 0.25) is 5.91 Å². The minimum absolute atomic E-state index is 0.0909. The van der Waals surface area contributed by atoms with E-state index in [4.69, 9.17) is 9.97 Å². The average molecular weight is 805 g/mol. The average Bonchev–Trinajstić information content (AvgIpc) is 4.08. The first kappa shape index (κ1) is 40.3. The number of carbonyl (C=O) groups is 3. The molecule has 2 fully saturated rings. The molecule has 0 aliphatic carbocycles. The number of hydrogen-bond acceptors (Lipinski definition) is 6. The van der Waals surface area contributed by atoms with Crippen LogP contribution in [0, 0.1) is 0 Å². The van der Waals surface area contributed by atoms with Crippen LogP contribution in [0.4, 0.5) is 10.5 Å². The first-order valence-electron chi connectivity index (χ1n) is 20.6. The summed E-state index contributed by atoms with van der Waals surface area (Å²) in [6.45, 7) is 6.70. The monoisotopic (exact) mass is 804 g/mol. The van der Waals surface area contributed by atoms with Crippen molar-refractivity contribution >= 4 is 23.6 Å². The van der Waals surface area contributed by atoms with Crippen molar-refractivity contribution in [2.24, 2.45) is 0 Å². The highest BCUT2D eigenvalue weighted by Crippen LogP contribution is 2.38. The molecule has 6 aromatic rings. The summed E-state index contributed by atoms with van der Waals surface area (Å²) in [6, 6.07) is 32.8. The van der Waals surface area contributed by atoms with Crippen molar-refractivity contribution in [2.45, 2.75) is 70.1 Å². The molecule has 2 aliphatic heterocycles. The van der Waals surface area contributed by atoms with E-state index >= 15 is 0 Å². The first-order valence-corrected chi connectivity index (χ1v) is 20.6. The van der Waals surface area contributed by atoms with Gasteiger partial charge in [-0.3, -0.25) is 19.4 Å². The number of likely N-dealkylation sites (N-methyl/N-ethyl adjacent to an activating group) is 1. The van der Waals surface area contributed by atoms with Gasteiger partial charge in [-0.05, 0) is 100 Å². The predicted molar refractivity (Wildman–Crippen MR) is 233 cm³/mol. The number of para-hydroxylation sites is 1. The molecule has 3 N–H and O–H groups in total. The molecule has 4 aromatic carbocycles. The second-order valence-electron chi connectivity index (χ2n) is 16.9. The Bertz CT molecular complexity index is 2470. The SMILES string of the molecule is CN(C)[C@@H](C(=O)N1CCC[C@H]1c1ncc(-c2ccc(-c3ccc(-c4cnc([C@@H]5CCCN5C(=O)c5ccccc5N(C(=O)O)C(C)(C)C)[nH]4)cc3)cc2)[nH]1)c1ccccc1. The van der Waals surface area contributed by atoms with Gasteiger partial charge < -0.3 is 24.9 Å². The van der Waals surface area contributed by atoms with Crippen molar-refractivity contribution in [3.05, 3.63) is 138 Å². The molecule has 3 amide bonds. The van der Waals surface area contributed by atoms with E-state index in [0.717, 1.165) is 70.7 Å². The molecule has 2 aliphatic rings. The Morgan fingerprint density at radius 2 is 1.17 bits per heavy atom. The number of carbonyl (C=O) groups excluding carboxylic acids is 2. The summed E-state index contributed by atoms with van der Waals surface area (Å²) in [4.78, 5) is 63.9. The van der Waals surface area contributed by atoms with Crippen LogP contribution in [0.3, 0.4) is 0 Å². The minimum atomic E-state index is -1.11. The summed E-state index contributed by atoms with van der Waals surface area (Å²) in [5, 5.41) is 10.1. The molecule has 2 aromatic heterocycles. The molecule has 308 valence electrons. The fraction of sp³-hybridized carbons (Fsp3) is 0.312. The highest BCUT2D eigenvalue weighted by atomic mass is 16.4. The van der Waals surface area contributed by atoms with Crippen LogP contribution in [-0.2, 0) is 4.79 Å². The third-order valence-electron chi connectivity index (χ3n) is 11.7. The Balaban J connectivity index is 0.938. The highest BCUT2D eigenvalue weighted by Gasteiger charge is 2.38. The summed E-state index contributed by atoms with van der Waals surface area (Å²) in [5.74, 6) is 1.39. The fourth-order valence-corrected chi connectivity index (χ4v) is 8.81. The number of hydrogen-bond donors (Lipinski definition) is 3. The second kappa shape index (κ2) is 16.6. The van der Waals surface area contributed by atoms with Crippen LogP contribution in [0.25, 0.3) is 33.6 Å². The van der Waals surface area contributed by atoms with E-state index < -0.39 is 11.6 Å². The van der Waals surface area contributed by atoms with Crippen molar-refractivity contribution in [3.8, 4) is 33.6 Å². The van der Waals surface area contributed by atoms with E-state index in [1.54, 1.807) is 29.2 Å². The fourth-order valence-electron chi connectivity index (χ4n) is 8.81. The Morgan fingerprint density at radius 1 is 0.683 bits per heavy atom. The third-order valence-corrected chi connectivity index (χ3v) is 11.7. The van der Waals surface area contributed by atoms with E-state index in [2.05, 4.69) is 58.5 Å². The van der Waals surface area contributed by atoms with Gasteiger partial charge in [0, 0.05) is 18.6 Å². The molecular weight excluding hydrogens is 753 g/mol. The number of carboxylic acid groups (broad SMARTS) is 1. The van der Waals surface area contributed by atoms with E-state index in [1.807, 2.05) is 87.4 Å². The van der Waals surface area contributed by atoms with Gasteiger partial charge in [-0.25, -0.2) is 14.8 Å². The van der Waals surface area contributed by atoms with Gasteiger partial charge in [-0.15, -0.1) is 0 Å². The van der Waals surface area contributed by atoms with Crippen LogP contribution in [0.1, 0.15) is 92.2 Å². The second-order valence-corrected chi connectivity index (χ2v) is 16.9. The summed E-state index contributed by atoms with van der Waals surface area (Å²) in [6.07, 6.45) is 5.93. The first-order chi connectivity index (χ1) is 28.9. The van der Waals surface area contributed by atoms with Crippen molar-refractivity contribution in [3.63, 3.8) is 0 Å². The van der Waals surface area contributed by atoms with Gasteiger partial charge in [0.1, 0.15) is 17.7 Å². The lowest BCUT2D eigenvalue weighted by Crippen LogP contribution is -2.46. The van der Waals surface area contributed by atoms with Crippen LogP contribution in [0.5, 0.6) is 0 Å². The Morgan fingerprint density at radius 3 is 1.68 bits per heavy atom. The number of aromatic amines is 2. The Kier molecular flexibility index (Phi) is 11.1. The maximum Gasteiger partial charge on any atom is 0.412 e. The van der Waals surface area contributed by atoms with Gasteiger partial charge in [-0.1, -0.05) is 91.0 Å². The normalized spacial score (nSPS) is 17.3.